The second-order valence-corrected chi connectivity index (χ2v) is 7.54. The molecule has 0 aliphatic carbocycles. The van der Waals surface area contributed by atoms with E-state index < -0.39 is 0 Å². The Balaban J connectivity index is 1.35. The molecule has 3 heterocycles. The number of aromatic nitrogens is 1. The lowest BCUT2D eigenvalue weighted by Crippen LogP contribution is -2.47. The standard InChI is InChI=1S/C21H26FN3O3/c22-18-5-1-3-16(11-18)12-19-13-23-21(28-19)17-4-2-6-25(14-17)20(26)15-24-7-9-27-10-8-24/h1,3,5,11,13,17H,2,4,6-10,12,14-15H2. The maximum Gasteiger partial charge on any atom is 0.236 e. The van der Waals surface area contributed by atoms with Gasteiger partial charge < -0.3 is 14.1 Å². The predicted molar refractivity (Wildman–Crippen MR) is 102 cm³/mol. The number of oxazole rings is 1. The highest BCUT2D eigenvalue weighted by Crippen LogP contribution is 2.27. The third kappa shape index (κ3) is 4.77. The number of rotatable bonds is 5. The molecule has 1 amide bonds. The molecule has 2 aliphatic heterocycles. The Morgan fingerprint density at radius 3 is 2.93 bits per heavy atom. The van der Waals surface area contributed by atoms with E-state index >= 15 is 0 Å². The zero-order valence-corrected chi connectivity index (χ0v) is 16.0. The zero-order valence-electron chi connectivity index (χ0n) is 16.0. The van der Waals surface area contributed by atoms with Crippen molar-refractivity contribution in [3.63, 3.8) is 0 Å². The fourth-order valence-electron chi connectivity index (χ4n) is 3.90. The summed E-state index contributed by atoms with van der Waals surface area (Å²) < 4.78 is 24.7. The molecule has 1 atom stereocenters. The Morgan fingerprint density at radius 1 is 1.25 bits per heavy atom. The molecular weight excluding hydrogens is 361 g/mol. The Hall–Kier alpha value is -2.25. The predicted octanol–water partition coefficient (Wildman–Crippen LogP) is 2.44. The highest BCUT2D eigenvalue weighted by molar-refractivity contribution is 5.78. The fourth-order valence-corrected chi connectivity index (χ4v) is 3.90. The van der Waals surface area contributed by atoms with Crippen molar-refractivity contribution >= 4 is 5.91 Å². The molecule has 28 heavy (non-hydrogen) atoms. The van der Waals surface area contributed by atoms with Crippen LogP contribution >= 0.6 is 0 Å². The van der Waals surface area contributed by atoms with Crippen molar-refractivity contribution in [2.45, 2.75) is 25.2 Å². The second-order valence-electron chi connectivity index (χ2n) is 7.54. The third-order valence-electron chi connectivity index (χ3n) is 5.42. The molecule has 7 heteroatoms. The number of carbonyl (C=O) groups is 1. The van der Waals surface area contributed by atoms with Crippen LogP contribution < -0.4 is 0 Å². The number of benzene rings is 1. The van der Waals surface area contributed by atoms with Crippen LogP contribution in [-0.4, -0.2) is 66.6 Å². The number of hydrogen-bond acceptors (Lipinski definition) is 5. The van der Waals surface area contributed by atoms with E-state index in [9.17, 15) is 9.18 Å². The van der Waals surface area contributed by atoms with Crippen LogP contribution in [0, 0.1) is 5.82 Å². The molecule has 0 N–H and O–H groups in total. The smallest absolute Gasteiger partial charge is 0.236 e. The maximum absolute atomic E-state index is 13.4. The number of piperidine rings is 1. The quantitative estimate of drug-likeness (QED) is 0.789. The van der Waals surface area contributed by atoms with E-state index in [0.29, 0.717) is 38.6 Å². The van der Waals surface area contributed by atoms with Gasteiger partial charge in [-0.2, -0.15) is 0 Å². The van der Waals surface area contributed by atoms with Crippen LogP contribution in [0.2, 0.25) is 0 Å². The normalized spacial score (nSPS) is 21.0. The van der Waals surface area contributed by atoms with Gasteiger partial charge >= 0.3 is 0 Å². The van der Waals surface area contributed by atoms with Gasteiger partial charge in [-0.3, -0.25) is 9.69 Å². The molecule has 2 fully saturated rings. The molecule has 6 nitrogen and oxygen atoms in total. The van der Waals surface area contributed by atoms with Gasteiger partial charge in [0.15, 0.2) is 5.89 Å². The van der Waals surface area contributed by atoms with Gasteiger partial charge in [0, 0.05) is 32.6 Å². The summed E-state index contributed by atoms with van der Waals surface area (Å²) in [6, 6.07) is 6.51. The van der Waals surface area contributed by atoms with E-state index in [0.717, 1.165) is 43.8 Å². The molecule has 2 aliphatic rings. The minimum absolute atomic E-state index is 0.114. The van der Waals surface area contributed by atoms with Crippen LogP contribution in [0.25, 0.3) is 0 Å². The number of likely N-dealkylation sites (tertiary alicyclic amines) is 1. The third-order valence-corrected chi connectivity index (χ3v) is 5.42. The van der Waals surface area contributed by atoms with Crippen LogP contribution in [0.4, 0.5) is 4.39 Å². The van der Waals surface area contributed by atoms with E-state index in [4.69, 9.17) is 9.15 Å². The van der Waals surface area contributed by atoms with Crippen molar-refractivity contribution in [1.29, 1.82) is 0 Å². The summed E-state index contributed by atoms with van der Waals surface area (Å²) in [5.74, 6) is 1.42. The first-order valence-corrected chi connectivity index (χ1v) is 9.94. The van der Waals surface area contributed by atoms with Crippen LogP contribution in [0.15, 0.2) is 34.9 Å². The van der Waals surface area contributed by atoms with Crippen LogP contribution in [0.5, 0.6) is 0 Å². The first-order chi connectivity index (χ1) is 13.7. The average molecular weight is 387 g/mol. The molecule has 1 unspecified atom stereocenters. The molecule has 150 valence electrons. The number of ether oxygens (including phenoxy) is 1. The van der Waals surface area contributed by atoms with E-state index in [1.54, 1.807) is 12.3 Å². The van der Waals surface area contributed by atoms with Crippen molar-refractivity contribution in [3.05, 3.63) is 53.5 Å². The average Bonchev–Trinajstić information content (AvgIpc) is 3.17. The summed E-state index contributed by atoms with van der Waals surface area (Å²) in [6.45, 7) is 4.89. The number of nitrogens with zero attached hydrogens (tertiary/aromatic N) is 3. The Morgan fingerprint density at radius 2 is 2.11 bits per heavy atom. The molecule has 0 bridgehead atoms. The van der Waals surface area contributed by atoms with Crippen molar-refractivity contribution in [1.82, 2.24) is 14.8 Å². The Bertz CT molecular complexity index is 804. The van der Waals surface area contributed by atoms with E-state index in [1.165, 1.54) is 12.1 Å². The van der Waals surface area contributed by atoms with E-state index in [2.05, 4.69) is 9.88 Å². The molecule has 2 aromatic rings. The van der Waals surface area contributed by atoms with Gasteiger partial charge in [-0.25, -0.2) is 9.37 Å². The summed E-state index contributed by atoms with van der Waals surface area (Å²) in [5.41, 5.74) is 0.855. The Kier molecular flexibility index (Phi) is 6.02. The number of halogens is 1. The first-order valence-electron chi connectivity index (χ1n) is 9.94. The largest absolute Gasteiger partial charge is 0.445 e. The summed E-state index contributed by atoms with van der Waals surface area (Å²) >= 11 is 0. The van der Waals surface area contributed by atoms with Crippen molar-refractivity contribution < 1.29 is 18.3 Å². The van der Waals surface area contributed by atoms with Gasteiger partial charge in [0.2, 0.25) is 5.91 Å². The minimum Gasteiger partial charge on any atom is -0.445 e. The summed E-state index contributed by atoms with van der Waals surface area (Å²) in [5, 5.41) is 0. The molecule has 0 radical (unpaired) electrons. The second kappa shape index (κ2) is 8.84. The van der Waals surface area contributed by atoms with Gasteiger partial charge in [-0.05, 0) is 30.5 Å². The Labute approximate surface area is 164 Å². The highest BCUT2D eigenvalue weighted by atomic mass is 19.1. The minimum atomic E-state index is -0.251. The summed E-state index contributed by atoms with van der Waals surface area (Å²) in [4.78, 5) is 21.2. The first kappa shape index (κ1) is 19.1. The molecule has 0 spiro atoms. The molecule has 1 aromatic heterocycles. The highest BCUT2D eigenvalue weighted by Gasteiger charge is 2.28. The van der Waals surface area contributed by atoms with Crippen LogP contribution in [-0.2, 0) is 16.0 Å². The molecule has 4 rings (SSSR count). The lowest BCUT2D eigenvalue weighted by molar-refractivity contribution is -0.134. The van der Waals surface area contributed by atoms with E-state index in [-0.39, 0.29) is 17.6 Å². The molecule has 1 aromatic carbocycles. The SMILES string of the molecule is O=C(CN1CCOCC1)N1CCCC(c2ncc(Cc3cccc(F)c3)o2)C1. The van der Waals surface area contributed by atoms with Crippen LogP contribution in [0.1, 0.15) is 36.0 Å². The van der Waals surface area contributed by atoms with Crippen LogP contribution in [0.3, 0.4) is 0 Å². The van der Waals surface area contributed by atoms with Gasteiger partial charge in [0.05, 0.1) is 31.9 Å². The number of hydrogen-bond donors (Lipinski definition) is 0. The summed E-state index contributed by atoms with van der Waals surface area (Å²) in [6.07, 6.45) is 4.13. The number of morpholine rings is 1. The lowest BCUT2D eigenvalue weighted by atomic mass is 9.98. The monoisotopic (exact) mass is 387 g/mol. The number of amides is 1. The van der Waals surface area contributed by atoms with Crippen molar-refractivity contribution in [2.75, 3.05) is 45.9 Å². The zero-order chi connectivity index (χ0) is 19.3. The molecular formula is C21H26FN3O3. The fraction of sp³-hybridized carbons (Fsp3) is 0.524. The topological polar surface area (TPSA) is 58.8 Å². The molecule has 0 saturated carbocycles. The van der Waals surface area contributed by atoms with Gasteiger partial charge in [0.1, 0.15) is 11.6 Å². The maximum atomic E-state index is 13.4. The summed E-state index contributed by atoms with van der Waals surface area (Å²) in [7, 11) is 0. The molecule has 2 saturated heterocycles. The van der Waals surface area contributed by atoms with Gasteiger partial charge in [-0.15, -0.1) is 0 Å². The van der Waals surface area contributed by atoms with Crippen molar-refractivity contribution in [2.24, 2.45) is 0 Å². The van der Waals surface area contributed by atoms with Gasteiger partial charge in [-0.1, -0.05) is 12.1 Å². The van der Waals surface area contributed by atoms with Gasteiger partial charge in [0.25, 0.3) is 0 Å². The van der Waals surface area contributed by atoms with E-state index in [1.807, 2.05) is 11.0 Å². The van der Waals surface area contributed by atoms with Crippen molar-refractivity contribution in [3.8, 4) is 0 Å². The number of carbonyl (C=O) groups excluding carboxylic acids is 1. The lowest BCUT2D eigenvalue weighted by Gasteiger charge is -2.34.